The zero-order valence-corrected chi connectivity index (χ0v) is 15.5. The van der Waals surface area contributed by atoms with Crippen molar-refractivity contribution in [2.45, 2.75) is 59.7 Å². The number of guanidine groups is 1. The van der Waals surface area contributed by atoms with E-state index in [-0.39, 0.29) is 17.5 Å². The van der Waals surface area contributed by atoms with E-state index in [1.807, 2.05) is 30.6 Å². The van der Waals surface area contributed by atoms with Crippen LogP contribution >= 0.6 is 0 Å². The summed E-state index contributed by atoms with van der Waals surface area (Å²) in [5.74, 6) is 1.86. The van der Waals surface area contributed by atoms with E-state index in [0.29, 0.717) is 37.3 Å². The fourth-order valence-corrected chi connectivity index (χ4v) is 3.29. The van der Waals surface area contributed by atoms with Crippen molar-refractivity contribution >= 4 is 11.9 Å². The number of amides is 1. The molecule has 1 aliphatic heterocycles. The van der Waals surface area contributed by atoms with Gasteiger partial charge in [-0.3, -0.25) is 4.79 Å². The van der Waals surface area contributed by atoms with Crippen molar-refractivity contribution in [3.63, 3.8) is 0 Å². The van der Waals surface area contributed by atoms with Crippen molar-refractivity contribution in [2.24, 2.45) is 4.99 Å². The van der Waals surface area contributed by atoms with E-state index in [2.05, 4.69) is 34.3 Å². The van der Waals surface area contributed by atoms with Gasteiger partial charge in [0.15, 0.2) is 11.8 Å². The Balaban J connectivity index is 2.17. The normalized spacial score (nSPS) is 18.5. The standard InChI is InChI=1S/C16H28N6O2/c1-7-17-15(18-8-13-19-12(4)20-24-13)21-9-14(23)22(11(2)3)16(5,6)10-21/h11H,7-10H2,1-6H3,(H,17,18). The summed E-state index contributed by atoms with van der Waals surface area (Å²) in [6.45, 7) is 14.1. The summed E-state index contributed by atoms with van der Waals surface area (Å²) < 4.78 is 5.10. The smallest absolute Gasteiger partial charge is 0.248 e. The highest BCUT2D eigenvalue weighted by Gasteiger charge is 2.40. The molecule has 0 bridgehead atoms. The van der Waals surface area contributed by atoms with Gasteiger partial charge in [-0.05, 0) is 41.5 Å². The molecule has 1 aromatic rings. The molecule has 8 heteroatoms. The molecule has 1 aromatic heterocycles. The number of nitrogens with one attached hydrogen (secondary N) is 1. The van der Waals surface area contributed by atoms with Crippen LogP contribution in [0, 0.1) is 6.92 Å². The molecule has 1 N–H and O–H groups in total. The van der Waals surface area contributed by atoms with Crippen LogP contribution in [-0.4, -0.2) is 63.0 Å². The summed E-state index contributed by atoms with van der Waals surface area (Å²) in [4.78, 5) is 25.3. The maximum absolute atomic E-state index is 12.6. The SMILES string of the molecule is CCNC(=NCc1nc(C)no1)N1CC(=O)N(C(C)C)C(C)(C)C1. The average Bonchev–Trinajstić information content (AvgIpc) is 2.86. The largest absolute Gasteiger partial charge is 0.356 e. The van der Waals surface area contributed by atoms with Gasteiger partial charge in [-0.2, -0.15) is 4.98 Å². The van der Waals surface area contributed by atoms with E-state index < -0.39 is 0 Å². The quantitative estimate of drug-likeness (QED) is 0.656. The minimum absolute atomic E-state index is 0.112. The van der Waals surface area contributed by atoms with Gasteiger partial charge in [-0.25, -0.2) is 4.99 Å². The third-order valence-electron chi connectivity index (χ3n) is 3.91. The first-order valence-electron chi connectivity index (χ1n) is 8.39. The van der Waals surface area contributed by atoms with E-state index in [1.54, 1.807) is 6.92 Å². The number of aromatic nitrogens is 2. The first kappa shape index (κ1) is 18.2. The molecule has 1 fully saturated rings. The summed E-state index contributed by atoms with van der Waals surface area (Å²) in [6.07, 6.45) is 0. The Hall–Kier alpha value is -2.12. The Morgan fingerprint density at radius 3 is 2.67 bits per heavy atom. The second-order valence-electron chi connectivity index (χ2n) is 6.93. The number of aliphatic imine (C=N–C) groups is 1. The molecule has 0 unspecified atom stereocenters. The summed E-state index contributed by atoms with van der Waals surface area (Å²) in [6, 6.07) is 0.176. The van der Waals surface area contributed by atoms with Crippen LogP contribution in [-0.2, 0) is 11.3 Å². The Morgan fingerprint density at radius 2 is 2.17 bits per heavy atom. The predicted octanol–water partition coefficient (Wildman–Crippen LogP) is 1.17. The van der Waals surface area contributed by atoms with Crippen molar-refractivity contribution in [1.82, 2.24) is 25.3 Å². The number of carbonyl (C=O) groups is 1. The van der Waals surface area contributed by atoms with Gasteiger partial charge in [0.25, 0.3) is 0 Å². The Kier molecular flexibility index (Phi) is 5.46. The third kappa shape index (κ3) is 4.04. The number of hydrogen-bond donors (Lipinski definition) is 1. The second kappa shape index (κ2) is 7.19. The lowest BCUT2D eigenvalue weighted by Gasteiger charge is -2.49. The van der Waals surface area contributed by atoms with Gasteiger partial charge in [-0.1, -0.05) is 5.16 Å². The number of nitrogens with zero attached hydrogens (tertiary/aromatic N) is 5. The third-order valence-corrected chi connectivity index (χ3v) is 3.91. The molecule has 8 nitrogen and oxygen atoms in total. The minimum atomic E-state index is -0.263. The van der Waals surface area contributed by atoms with Crippen molar-refractivity contribution in [2.75, 3.05) is 19.6 Å². The Morgan fingerprint density at radius 1 is 1.46 bits per heavy atom. The summed E-state index contributed by atoms with van der Waals surface area (Å²) in [7, 11) is 0. The highest BCUT2D eigenvalue weighted by molar-refractivity contribution is 5.88. The topological polar surface area (TPSA) is 86.9 Å². The number of piperazine rings is 1. The van der Waals surface area contributed by atoms with Crippen LogP contribution in [0.1, 0.15) is 46.3 Å². The van der Waals surface area contributed by atoms with Crippen LogP contribution in [0.5, 0.6) is 0 Å². The van der Waals surface area contributed by atoms with Crippen molar-refractivity contribution in [3.8, 4) is 0 Å². The number of carbonyl (C=O) groups excluding carboxylic acids is 1. The number of hydrogen-bond acceptors (Lipinski definition) is 5. The van der Waals surface area contributed by atoms with Crippen molar-refractivity contribution in [3.05, 3.63) is 11.7 Å². The van der Waals surface area contributed by atoms with E-state index in [0.717, 1.165) is 6.54 Å². The molecule has 134 valence electrons. The van der Waals surface area contributed by atoms with Crippen LogP contribution in [0.25, 0.3) is 0 Å². The fourth-order valence-electron chi connectivity index (χ4n) is 3.29. The van der Waals surface area contributed by atoms with Gasteiger partial charge in [0.05, 0.1) is 12.1 Å². The molecule has 24 heavy (non-hydrogen) atoms. The van der Waals surface area contributed by atoms with Crippen LogP contribution in [0.3, 0.4) is 0 Å². The van der Waals surface area contributed by atoms with Gasteiger partial charge in [0, 0.05) is 19.1 Å². The van der Waals surface area contributed by atoms with Crippen molar-refractivity contribution in [1.29, 1.82) is 0 Å². The molecule has 1 amide bonds. The summed E-state index contributed by atoms with van der Waals surface area (Å²) >= 11 is 0. The number of rotatable bonds is 4. The monoisotopic (exact) mass is 336 g/mol. The van der Waals surface area contributed by atoms with Gasteiger partial charge < -0.3 is 19.6 Å². The van der Waals surface area contributed by atoms with Crippen LogP contribution in [0.4, 0.5) is 0 Å². The maximum Gasteiger partial charge on any atom is 0.248 e. The Bertz CT molecular complexity index is 607. The lowest BCUT2D eigenvalue weighted by atomic mass is 9.96. The van der Waals surface area contributed by atoms with Crippen LogP contribution in [0.15, 0.2) is 9.52 Å². The average molecular weight is 336 g/mol. The number of aryl methyl sites for hydroxylation is 1. The molecular weight excluding hydrogens is 308 g/mol. The molecular formula is C16H28N6O2. The van der Waals surface area contributed by atoms with Gasteiger partial charge >= 0.3 is 0 Å². The molecule has 2 heterocycles. The Labute approximate surface area is 143 Å². The van der Waals surface area contributed by atoms with Gasteiger partial charge in [0.1, 0.15) is 6.54 Å². The van der Waals surface area contributed by atoms with Gasteiger partial charge in [-0.15, -0.1) is 0 Å². The van der Waals surface area contributed by atoms with Gasteiger partial charge in [0.2, 0.25) is 11.8 Å². The maximum atomic E-state index is 12.6. The van der Waals surface area contributed by atoms with E-state index in [9.17, 15) is 4.79 Å². The summed E-state index contributed by atoms with van der Waals surface area (Å²) in [5, 5.41) is 7.01. The molecule has 0 aliphatic carbocycles. The zero-order chi connectivity index (χ0) is 17.9. The predicted molar refractivity (Wildman–Crippen MR) is 91.5 cm³/mol. The molecule has 0 atom stereocenters. The molecule has 0 saturated carbocycles. The van der Waals surface area contributed by atoms with Crippen LogP contribution < -0.4 is 5.32 Å². The minimum Gasteiger partial charge on any atom is -0.356 e. The molecule has 1 saturated heterocycles. The molecule has 0 spiro atoms. The molecule has 2 rings (SSSR count). The molecule has 0 radical (unpaired) electrons. The lowest BCUT2D eigenvalue weighted by molar-refractivity contribution is -0.145. The van der Waals surface area contributed by atoms with E-state index in [1.165, 1.54) is 0 Å². The first-order chi connectivity index (χ1) is 11.2. The highest BCUT2D eigenvalue weighted by Crippen LogP contribution is 2.24. The zero-order valence-electron chi connectivity index (χ0n) is 15.5. The molecule has 1 aliphatic rings. The second-order valence-corrected chi connectivity index (χ2v) is 6.93. The highest BCUT2D eigenvalue weighted by atomic mass is 16.5. The lowest BCUT2D eigenvalue weighted by Crippen LogP contribution is -2.66. The van der Waals surface area contributed by atoms with E-state index >= 15 is 0 Å². The first-order valence-corrected chi connectivity index (χ1v) is 8.39. The molecule has 0 aromatic carbocycles. The fraction of sp³-hybridized carbons (Fsp3) is 0.750. The van der Waals surface area contributed by atoms with Crippen molar-refractivity contribution < 1.29 is 9.32 Å². The van der Waals surface area contributed by atoms with Crippen LogP contribution in [0.2, 0.25) is 0 Å². The van der Waals surface area contributed by atoms with E-state index in [4.69, 9.17) is 4.52 Å². The summed E-state index contributed by atoms with van der Waals surface area (Å²) in [5.41, 5.74) is -0.263.